The monoisotopic (exact) mass is 591 g/mol. The average molecular weight is 592 g/mol. The van der Waals surface area contributed by atoms with E-state index in [0.29, 0.717) is 32.2 Å². The van der Waals surface area contributed by atoms with Crippen molar-refractivity contribution in [1.82, 2.24) is 25.3 Å². The number of likely N-dealkylation sites (N-methyl/N-ethyl adjacent to an activating group) is 2. The van der Waals surface area contributed by atoms with E-state index in [4.69, 9.17) is 4.74 Å². The molecule has 0 saturated carbocycles. The Labute approximate surface area is 249 Å². The van der Waals surface area contributed by atoms with Gasteiger partial charge in [0.15, 0.2) is 6.10 Å². The molecule has 2 rings (SSSR count). The van der Waals surface area contributed by atoms with Gasteiger partial charge in [-0.15, -0.1) is 6.58 Å². The van der Waals surface area contributed by atoms with Crippen LogP contribution in [0.4, 0.5) is 0 Å². The van der Waals surface area contributed by atoms with Gasteiger partial charge in [-0.25, -0.2) is 0 Å². The summed E-state index contributed by atoms with van der Waals surface area (Å²) in [6.45, 7) is 12.9. The molecule has 1 unspecified atom stereocenters. The standard InChI is InChI=1S/C30H49N5O7/c1-9-13-22-28(39)35-17-12-11-14-21(35)27(38)32-24(19(5)10-2)29(40)34(8)25(18(3)4)30(41)33(7)20(6)26(37)31-16-15-23(36)42-22/h9,18-22,24-25H,1,10-17H2,2-8H3,(H,31,37)(H,32,38)/t19?,20-,21-,22+,24-,25-/m0/s1. The molecular weight excluding hydrogens is 542 g/mol. The first-order valence-electron chi connectivity index (χ1n) is 15.0. The van der Waals surface area contributed by atoms with Gasteiger partial charge in [-0.3, -0.25) is 28.8 Å². The van der Waals surface area contributed by atoms with Gasteiger partial charge in [0.1, 0.15) is 24.2 Å². The normalized spacial score (nSPS) is 28.7. The lowest BCUT2D eigenvalue weighted by Crippen LogP contribution is -2.61. The molecular formula is C30H49N5O7. The molecule has 0 radical (unpaired) electrons. The number of carbonyl (C=O) groups excluding carboxylic acids is 6. The third-order valence-electron chi connectivity index (χ3n) is 8.38. The Morgan fingerprint density at radius 1 is 0.976 bits per heavy atom. The molecule has 0 aliphatic carbocycles. The Hall–Kier alpha value is -3.44. The summed E-state index contributed by atoms with van der Waals surface area (Å²) in [7, 11) is 3.03. The SMILES string of the molecule is C=CC[C@H]1OC(=O)CCNC(=O)[C@H](C)N(C)C(=O)[C@H](C(C)C)N(C)C(=O)[C@H](C(C)CC)NC(=O)[C@@H]2CCCCN2C1=O. The molecule has 2 N–H and O–H groups in total. The van der Waals surface area contributed by atoms with Crippen LogP contribution in [0, 0.1) is 11.8 Å². The topological polar surface area (TPSA) is 145 Å². The summed E-state index contributed by atoms with van der Waals surface area (Å²) in [5, 5.41) is 5.54. The van der Waals surface area contributed by atoms with Crippen LogP contribution in [0.5, 0.6) is 0 Å². The van der Waals surface area contributed by atoms with Crippen LogP contribution in [-0.2, 0) is 33.5 Å². The van der Waals surface area contributed by atoms with Crippen molar-refractivity contribution in [3.05, 3.63) is 12.7 Å². The van der Waals surface area contributed by atoms with E-state index in [-0.39, 0.29) is 31.2 Å². The Bertz CT molecular complexity index is 1030. The molecule has 5 amide bonds. The number of rotatable bonds is 5. The third-order valence-corrected chi connectivity index (χ3v) is 8.38. The van der Waals surface area contributed by atoms with E-state index < -0.39 is 65.8 Å². The number of nitrogens with zero attached hydrogens (tertiary/aromatic N) is 3. The number of hydrogen-bond acceptors (Lipinski definition) is 7. The van der Waals surface area contributed by atoms with Gasteiger partial charge in [0, 0.05) is 33.6 Å². The average Bonchev–Trinajstić information content (AvgIpc) is 2.96. The molecule has 2 aliphatic heterocycles. The second-order valence-corrected chi connectivity index (χ2v) is 11.7. The highest BCUT2D eigenvalue weighted by molar-refractivity contribution is 5.96. The first-order chi connectivity index (χ1) is 19.8. The molecule has 2 heterocycles. The van der Waals surface area contributed by atoms with Crippen molar-refractivity contribution in [1.29, 1.82) is 0 Å². The van der Waals surface area contributed by atoms with Crippen LogP contribution in [0.15, 0.2) is 12.7 Å². The van der Waals surface area contributed by atoms with Crippen LogP contribution in [0.2, 0.25) is 0 Å². The van der Waals surface area contributed by atoms with Crippen molar-refractivity contribution >= 4 is 35.5 Å². The number of ether oxygens (including phenoxy) is 1. The third kappa shape index (κ3) is 8.32. The highest BCUT2D eigenvalue weighted by Crippen LogP contribution is 2.23. The summed E-state index contributed by atoms with van der Waals surface area (Å²) in [6.07, 6.45) is 2.52. The van der Waals surface area contributed by atoms with Crippen LogP contribution in [0.1, 0.15) is 73.1 Å². The van der Waals surface area contributed by atoms with E-state index in [2.05, 4.69) is 17.2 Å². The molecule has 6 atom stereocenters. The molecule has 0 spiro atoms. The lowest BCUT2D eigenvalue weighted by Gasteiger charge is -2.39. The van der Waals surface area contributed by atoms with E-state index in [0.717, 1.165) is 0 Å². The van der Waals surface area contributed by atoms with E-state index in [1.807, 2.05) is 27.7 Å². The van der Waals surface area contributed by atoms with Gasteiger partial charge in [0.2, 0.25) is 23.6 Å². The van der Waals surface area contributed by atoms with Gasteiger partial charge in [-0.05, 0) is 38.0 Å². The second kappa shape index (κ2) is 15.7. The van der Waals surface area contributed by atoms with E-state index in [1.54, 1.807) is 6.92 Å². The zero-order valence-corrected chi connectivity index (χ0v) is 26.2. The summed E-state index contributed by atoms with van der Waals surface area (Å²) >= 11 is 0. The predicted octanol–water partition coefficient (Wildman–Crippen LogP) is 1.24. The number of esters is 1. The number of cyclic esters (lactones) is 1. The minimum Gasteiger partial charge on any atom is -0.452 e. The molecule has 12 heteroatoms. The number of carbonyl (C=O) groups is 6. The number of hydrogen-bond donors (Lipinski definition) is 2. The van der Waals surface area contributed by atoms with Crippen molar-refractivity contribution in [2.24, 2.45) is 11.8 Å². The number of piperidine rings is 1. The predicted molar refractivity (Wildman–Crippen MR) is 157 cm³/mol. The van der Waals surface area contributed by atoms with Crippen molar-refractivity contribution in [3.8, 4) is 0 Å². The lowest BCUT2D eigenvalue weighted by molar-refractivity contribution is -0.163. The lowest BCUT2D eigenvalue weighted by atomic mass is 9.93. The fourth-order valence-corrected chi connectivity index (χ4v) is 5.42. The van der Waals surface area contributed by atoms with Gasteiger partial charge in [-0.2, -0.15) is 0 Å². The van der Waals surface area contributed by atoms with Crippen molar-refractivity contribution in [2.75, 3.05) is 27.2 Å². The Kier molecular flexibility index (Phi) is 13.0. The summed E-state index contributed by atoms with van der Waals surface area (Å²) < 4.78 is 5.49. The maximum Gasteiger partial charge on any atom is 0.308 e. The summed E-state index contributed by atoms with van der Waals surface area (Å²) in [4.78, 5) is 84.5. The quantitative estimate of drug-likeness (QED) is 0.361. The largest absolute Gasteiger partial charge is 0.452 e. The van der Waals surface area contributed by atoms with Crippen molar-refractivity contribution < 1.29 is 33.5 Å². The highest BCUT2D eigenvalue weighted by atomic mass is 16.5. The molecule has 2 aliphatic rings. The molecule has 0 aromatic carbocycles. The fraction of sp³-hybridized carbons (Fsp3) is 0.733. The summed E-state index contributed by atoms with van der Waals surface area (Å²) in [6, 6.07) is -3.59. The van der Waals surface area contributed by atoms with E-state index in [1.165, 1.54) is 34.9 Å². The molecule has 2 fully saturated rings. The van der Waals surface area contributed by atoms with Gasteiger partial charge < -0.3 is 30.1 Å². The summed E-state index contributed by atoms with van der Waals surface area (Å²) in [5.41, 5.74) is 0. The Morgan fingerprint density at radius 2 is 1.64 bits per heavy atom. The van der Waals surface area contributed by atoms with Crippen molar-refractivity contribution in [3.63, 3.8) is 0 Å². The van der Waals surface area contributed by atoms with E-state index in [9.17, 15) is 28.8 Å². The molecule has 2 saturated heterocycles. The zero-order valence-electron chi connectivity index (χ0n) is 26.2. The smallest absolute Gasteiger partial charge is 0.308 e. The van der Waals surface area contributed by atoms with E-state index >= 15 is 0 Å². The fourth-order valence-electron chi connectivity index (χ4n) is 5.42. The zero-order chi connectivity index (χ0) is 31.7. The molecule has 0 aromatic heterocycles. The maximum absolute atomic E-state index is 14.0. The number of nitrogens with one attached hydrogen (secondary N) is 2. The van der Waals surface area contributed by atoms with Gasteiger partial charge in [-0.1, -0.05) is 40.2 Å². The van der Waals surface area contributed by atoms with Crippen LogP contribution in [0.25, 0.3) is 0 Å². The summed E-state index contributed by atoms with van der Waals surface area (Å²) in [5.74, 6) is -3.56. The molecule has 12 nitrogen and oxygen atoms in total. The van der Waals surface area contributed by atoms with Gasteiger partial charge in [0.05, 0.1) is 6.42 Å². The molecule has 0 bridgehead atoms. The molecule has 42 heavy (non-hydrogen) atoms. The number of fused-ring (bicyclic) bond motifs is 1. The van der Waals surface area contributed by atoms with Crippen LogP contribution in [-0.4, -0.2) is 108 Å². The van der Waals surface area contributed by atoms with Gasteiger partial charge >= 0.3 is 5.97 Å². The minimum absolute atomic E-state index is 0.0566. The van der Waals surface area contributed by atoms with Gasteiger partial charge in [0.25, 0.3) is 5.91 Å². The highest BCUT2D eigenvalue weighted by Gasteiger charge is 2.41. The maximum atomic E-state index is 14.0. The Morgan fingerprint density at radius 3 is 2.24 bits per heavy atom. The van der Waals surface area contributed by atoms with Crippen LogP contribution < -0.4 is 10.6 Å². The Balaban J connectivity index is 2.56. The number of amides is 5. The van der Waals surface area contributed by atoms with Crippen LogP contribution >= 0.6 is 0 Å². The second-order valence-electron chi connectivity index (χ2n) is 11.7. The van der Waals surface area contributed by atoms with Crippen molar-refractivity contribution in [2.45, 2.75) is 103 Å². The molecule has 0 aromatic rings. The first kappa shape index (κ1) is 34.8. The first-order valence-corrected chi connectivity index (χ1v) is 15.0. The minimum atomic E-state index is -1.17. The molecule has 236 valence electrons. The van der Waals surface area contributed by atoms with Crippen LogP contribution in [0.3, 0.4) is 0 Å².